The summed E-state index contributed by atoms with van der Waals surface area (Å²) in [5.41, 5.74) is 0.767. The highest BCUT2D eigenvalue weighted by Crippen LogP contribution is 2.64. The molecule has 1 nitrogen and oxygen atoms in total. The zero-order valence-electron chi connectivity index (χ0n) is 6.98. The van der Waals surface area contributed by atoms with Crippen molar-refractivity contribution in [2.75, 3.05) is 13.6 Å². The van der Waals surface area contributed by atoms with E-state index < -0.39 is 0 Å². The molecular weight excluding hydrogens is 122 g/mol. The van der Waals surface area contributed by atoms with E-state index in [0.29, 0.717) is 0 Å². The second-order valence-electron chi connectivity index (χ2n) is 4.24. The van der Waals surface area contributed by atoms with Gasteiger partial charge in [-0.1, -0.05) is 6.92 Å². The predicted octanol–water partition coefficient (Wildman–Crippen LogP) is 1.64. The molecule has 0 unspecified atom stereocenters. The molecule has 2 aliphatic rings. The summed E-state index contributed by atoms with van der Waals surface area (Å²) in [5, 5.41) is 3.27. The lowest BCUT2D eigenvalue weighted by molar-refractivity contribution is 0.429. The first-order valence-electron chi connectivity index (χ1n) is 4.42. The van der Waals surface area contributed by atoms with Gasteiger partial charge in [-0.25, -0.2) is 0 Å². The average Bonchev–Trinajstić information content (AvgIpc) is 2.67. The van der Waals surface area contributed by atoms with Crippen molar-refractivity contribution in [2.45, 2.75) is 26.2 Å². The lowest BCUT2D eigenvalue weighted by Crippen LogP contribution is -2.14. The Morgan fingerprint density at radius 1 is 1.50 bits per heavy atom. The Balaban J connectivity index is 1.85. The largest absolute Gasteiger partial charge is 0.319 e. The number of rotatable bonds is 3. The first kappa shape index (κ1) is 6.66. The summed E-state index contributed by atoms with van der Waals surface area (Å²) >= 11 is 0. The summed E-state index contributed by atoms with van der Waals surface area (Å²) in [6, 6.07) is 0. The molecule has 0 radical (unpaired) electrons. The van der Waals surface area contributed by atoms with Crippen LogP contribution in [0.4, 0.5) is 0 Å². The van der Waals surface area contributed by atoms with Gasteiger partial charge in [0.05, 0.1) is 0 Å². The van der Waals surface area contributed by atoms with Gasteiger partial charge in [-0.15, -0.1) is 0 Å². The molecule has 0 aromatic carbocycles. The SMILES string of the molecule is CNC[C@H]1C[C@@]1(C)C1CC1. The van der Waals surface area contributed by atoms with Gasteiger partial charge in [0, 0.05) is 0 Å². The van der Waals surface area contributed by atoms with Crippen LogP contribution in [-0.4, -0.2) is 13.6 Å². The molecule has 2 saturated carbocycles. The van der Waals surface area contributed by atoms with Crippen LogP contribution < -0.4 is 5.32 Å². The highest BCUT2D eigenvalue weighted by Gasteiger charge is 2.57. The molecule has 2 aliphatic carbocycles. The predicted molar refractivity (Wildman–Crippen MR) is 42.9 cm³/mol. The first-order valence-corrected chi connectivity index (χ1v) is 4.42. The van der Waals surface area contributed by atoms with E-state index in [1.165, 1.54) is 25.8 Å². The third kappa shape index (κ3) is 0.878. The minimum atomic E-state index is 0.767. The summed E-state index contributed by atoms with van der Waals surface area (Å²) in [7, 11) is 2.06. The summed E-state index contributed by atoms with van der Waals surface area (Å²) < 4.78 is 0. The Hall–Kier alpha value is -0.0400. The normalized spacial score (nSPS) is 45.6. The van der Waals surface area contributed by atoms with Crippen molar-refractivity contribution < 1.29 is 0 Å². The molecule has 2 fully saturated rings. The molecule has 0 heterocycles. The minimum Gasteiger partial charge on any atom is -0.319 e. The summed E-state index contributed by atoms with van der Waals surface area (Å²) in [6.45, 7) is 3.71. The Labute approximate surface area is 63.2 Å². The van der Waals surface area contributed by atoms with E-state index in [-0.39, 0.29) is 0 Å². The molecule has 2 atom stereocenters. The van der Waals surface area contributed by atoms with Gasteiger partial charge in [0.15, 0.2) is 0 Å². The summed E-state index contributed by atoms with van der Waals surface area (Å²) in [5.74, 6) is 2.11. The zero-order valence-corrected chi connectivity index (χ0v) is 6.98. The molecule has 1 N–H and O–H groups in total. The Kier molecular flexibility index (Phi) is 1.31. The molecule has 0 amide bonds. The topological polar surface area (TPSA) is 12.0 Å². The molecule has 0 aromatic rings. The fourth-order valence-corrected chi connectivity index (χ4v) is 2.27. The van der Waals surface area contributed by atoms with Gasteiger partial charge in [-0.3, -0.25) is 0 Å². The quantitative estimate of drug-likeness (QED) is 0.627. The molecule has 0 aromatic heterocycles. The third-order valence-electron chi connectivity index (χ3n) is 3.42. The highest BCUT2D eigenvalue weighted by atomic mass is 14.8. The van der Waals surface area contributed by atoms with Gasteiger partial charge < -0.3 is 5.32 Å². The monoisotopic (exact) mass is 139 g/mol. The van der Waals surface area contributed by atoms with Crippen molar-refractivity contribution in [3.05, 3.63) is 0 Å². The number of nitrogens with one attached hydrogen (secondary N) is 1. The standard InChI is InChI=1S/C9H17N/c1-9(7-3-4-7)5-8(9)6-10-2/h7-8,10H,3-6H2,1-2H3/t8-,9+/m1/s1. The van der Waals surface area contributed by atoms with Crippen LogP contribution in [0.5, 0.6) is 0 Å². The van der Waals surface area contributed by atoms with Gasteiger partial charge in [0.1, 0.15) is 0 Å². The van der Waals surface area contributed by atoms with Crippen LogP contribution in [0.1, 0.15) is 26.2 Å². The smallest absolute Gasteiger partial charge is 0.00180 e. The number of hydrogen-bond donors (Lipinski definition) is 1. The maximum Gasteiger partial charge on any atom is -0.00180 e. The second-order valence-corrected chi connectivity index (χ2v) is 4.24. The van der Waals surface area contributed by atoms with E-state index in [2.05, 4.69) is 19.3 Å². The van der Waals surface area contributed by atoms with Crippen molar-refractivity contribution in [3.8, 4) is 0 Å². The van der Waals surface area contributed by atoms with Crippen LogP contribution in [0.2, 0.25) is 0 Å². The van der Waals surface area contributed by atoms with Crippen LogP contribution in [0.15, 0.2) is 0 Å². The Morgan fingerprint density at radius 3 is 2.70 bits per heavy atom. The molecule has 1 heteroatoms. The van der Waals surface area contributed by atoms with E-state index in [1.54, 1.807) is 0 Å². The fraction of sp³-hybridized carbons (Fsp3) is 1.00. The van der Waals surface area contributed by atoms with Crippen molar-refractivity contribution in [2.24, 2.45) is 17.3 Å². The first-order chi connectivity index (χ1) is 4.77. The van der Waals surface area contributed by atoms with Crippen molar-refractivity contribution in [1.82, 2.24) is 5.32 Å². The van der Waals surface area contributed by atoms with Gasteiger partial charge in [0.25, 0.3) is 0 Å². The molecule has 58 valence electrons. The van der Waals surface area contributed by atoms with E-state index in [0.717, 1.165) is 17.3 Å². The number of hydrogen-bond acceptors (Lipinski definition) is 1. The molecule has 0 saturated heterocycles. The van der Waals surface area contributed by atoms with Crippen molar-refractivity contribution in [3.63, 3.8) is 0 Å². The van der Waals surface area contributed by atoms with Gasteiger partial charge in [0.2, 0.25) is 0 Å². The van der Waals surface area contributed by atoms with Crippen LogP contribution in [0.3, 0.4) is 0 Å². The zero-order chi connectivity index (χ0) is 7.19. The lowest BCUT2D eigenvalue weighted by Gasteiger charge is -2.07. The Bertz CT molecular complexity index is 140. The fourth-order valence-electron chi connectivity index (χ4n) is 2.27. The molecule has 0 aliphatic heterocycles. The Morgan fingerprint density at radius 2 is 2.20 bits per heavy atom. The van der Waals surface area contributed by atoms with Crippen LogP contribution >= 0.6 is 0 Å². The van der Waals surface area contributed by atoms with Crippen LogP contribution in [-0.2, 0) is 0 Å². The van der Waals surface area contributed by atoms with Crippen molar-refractivity contribution >= 4 is 0 Å². The molecule has 10 heavy (non-hydrogen) atoms. The minimum absolute atomic E-state index is 0.767. The summed E-state index contributed by atoms with van der Waals surface area (Å²) in [6.07, 6.45) is 4.51. The molecule has 0 spiro atoms. The van der Waals surface area contributed by atoms with E-state index in [1.807, 2.05) is 0 Å². The third-order valence-corrected chi connectivity index (χ3v) is 3.42. The second kappa shape index (κ2) is 1.97. The van der Waals surface area contributed by atoms with Gasteiger partial charge in [-0.2, -0.15) is 0 Å². The maximum absolute atomic E-state index is 3.27. The molecule has 2 rings (SSSR count). The van der Waals surface area contributed by atoms with Crippen molar-refractivity contribution in [1.29, 1.82) is 0 Å². The molecule has 0 bridgehead atoms. The van der Waals surface area contributed by atoms with Crippen LogP contribution in [0.25, 0.3) is 0 Å². The maximum atomic E-state index is 3.27. The van der Waals surface area contributed by atoms with Crippen LogP contribution in [0, 0.1) is 17.3 Å². The average molecular weight is 139 g/mol. The van der Waals surface area contributed by atoms with E-state index in [9.17, 15) is 0 Å². The lowest BCUT2D eigenvalue weighted by atomic mass is 10.0. The highest BCUT2D eigenvalue weighted by molar-refractivity contribution is 5.07. The molecular formula is C9H17N. The summed E-state index contributed by atoms with van der Waals surface area (Å²) in [4.78, 5) is 0. The van der Waals surface area contributed by atoms with Gasteiger partial charge >= 0.3 is 0 Å². The van der Waals surface area contributed by atoms with E-state index in [4.69, 9.17) is 0 Å². The van der Waals surface area contributed by atoms with E-state index >= 15 is 0 Å². The van der Waals surface area contributed by atoms with Gasteiger partial charge in [-0.05, 0) is 50.1 Å².